The van der Waals surface area contributed by atoms with E-state index in [2.05, 4.69) is 5.32 Å². The minimum atomic E-state index is -1.23. The second-order valence-electron chi connectivity index (χ2n) is 4.38. The monoisotopic (exact) mass is 203 g/mol. The second-order valence-corrected chi connectivity index (χ2v) is 4.38. The Morgan fingerprint density at radius 3 is 2.14 bits per heavy atom. The summed E-state index contributed by atoms with van der Waals surface area (Å²) >= 11 is 0. The summed E-state index contributed by atoms with van der Waals surface area (Å²) in [6.45, 7) is 5.04. The Morgan fingerprint density at radius 1 is 1.36 bits per heavy atom. The van der Waals surface area contributed by atoms with Crippen LogP contribution in [0.3, 0.4) is 0 Å². The third-order valence-corrected chi connectivity index (χ3v) is 1.51. The summed E-state index contributed by atoms with van der Waals surface area (Å²) in [5, 5.41) is 19.4. The Morgan fingerprint density at radius 2 is 1.86 bits per heavy atom. The summed E-state index contributed by atoms with van der Waals surface area (Å²) in [7, 11) is 0. The van der Waals surface area contributed by atoms with Gasteiger partial charge in [-0.1, -0.05) is 20.8 Å². The van der Waals surface area contributed by atoms with Crippen LogP contribution in [0.5, 0.6) is 0 Å². The normalized spacial score (nSPS) is 13.4. The van der Waals surface area contributed by atoms with Crippen molar-refractivity contribution in [3.63, 3.8) is 0 Å². The maximum absolute atomic E-state index is 11.2. The quantitative estimate of drug-likeness (QED) is 0.599. The molecule has 0 aromatic rings. The summed E-state index contributed by atoms with van der Waals surface area (Å²) in [4.78, 5) is 21.7. The molecule has 0 aliphatic heterocycles. The number of aliphatic carboxylic acids is 1. The van der Waals surface area contributed by atoms with Crippen molar-refractivity contribution in [1.82, 2.24) is 5.32 Å². The molecular formula is C9H17NO4. The average molecular weight is 203 g/mol. The van der Waals surface area contributed by atoms with Crippen LogP contribution in [0.4, 0.5) is 0 Å². The lowest BCUT2D eigenvalue weighted by Gasteiger charge is -2.19. The number of aliphatic hydroxyl groups excluding tert-OH is 1. The largest absolute Gasteiger partial charge is 0.480 e. The predicted octanol–water partition coefficient (Wildman–Crippen LogP) is -0.0157. The molecule has 3 N–H and O–H groups in total. The van der Waals surface area contributed by atoms with Crippen LogP contribution in [-0.2, 0) is 9.59 Å². The highest BCUT2D eigenvalue weighted by molar-refractivity contribution is 5.83. The molecule has 1 unspecified atom stereocenters. The molecule has 0 bridgehead atoms. The number of carboxylic acids is 1. The molecule has 5 heteroatoms. The van der Waals surface area contributed by atoms with Crippen LogP contribution in [0, 0.1) is 5.41 Å². The summed E-state index contributed by atoms with van der Waals surface area (Å²) in [5.74, 6) is -1.59. The molecular weight excluding hydrogens is 186 g/mol. The zero-order chi connectivity index (χ0) is 11.4. The van der Waals surface area contributed by atoms with Crippen molar-refractivity contribution < 1.29 is 19.8 Å². The van der Waals surface area contributed by atoms with Crippen LogP contribution < -0.4 is 5.32 Å². The van der Waals surface area contributed by atoms with E-state index in [1.807, 2.05) is 20.8 Å². The van der Waals surface area contributed by atoms with Gasteiger partial charge in [-0.3, -0.25) is 4.79 Å². The van der Waals surface area contributed by atoms with E-state index < -0.39 is 18.6 Å². The van der Waals surface area contributed by atoms with Gasteiger partial charge in [0.05, 0.1) is 6.61 Å². The van der Waals surface area contributed by atoms with Gasteiger partial charge in [0.1, 0.15) is 6.04 Å². The van der Waals surface area contributed by atoms with Crippen molar-refractivity contribution in [3.8, 4) is 0 Å². The standard InChI is InChI=1S/C9H17NO4/c1-9(2,3)4-7(12)10-6(5-11)8(13)14/h6,11H,4-5H2,1-3H3,(H,10,12)(H,13,14). The zero-order valence-electron chi connectivity index (χ0n) is 8.70. The maximum atomic E-state index is 11.2. The zero-order valence-corrected chi connectivity index (χ0v) is 8.70. The predicted molar refractivity (Wildman–Crippen MR) is 50.7 cm³/mol. The van der Waals surface area contributed by atoms with Crippen molar-refractivity contribution in [3.05, 3.63) is 0 Å². The van der Waals surface area contributed by atoms with Crippen LogP contribution in [0.15, 0.2) is 0 Å². The fourth-order valence-corrected chi connectivity index (χ4v) is 0.913. The first-order chi connectivity index (χ1) is 6.26. The van der Waals surface area contributed by atoms with Gasteiger partial charge in [0.2, 0.25) is 5.91 Å². The average Bonchev–Trinajstić information content (AvgIpc) is 1.96. The van der Waals surface area contributed by atoms with E-state index in [9.17, 15) is 9.59 Å². The third kappa shape index (κ3) is 5.53. The molecule has 0 aromatic heterocycles. The van der Waals surface area contributed by atoms with E-state index in [1.165, 1.54) is 0 Å². The number of nitrogens with one attached hydrogen (secondary N) is 1. The van der Waals surface area contributed by atoms with Crippen LogP contribution in [0.2, 0.25) is 0 Å². The Labute approximate surface area is 83.1 Å². The molecule has 0 aliphatic carbocycles. The first-order valence-electron chi connectivity index (χ1n) is 4.39. The number of aliphatic hydroxyl groups is 1. The van der Waals surface area contributed by atoms with Gasteiger partial charge in [-0.05, 0) is 5.41 Å². The minimum absolute atomic E-state index is 0.192. The molecule has 0 heterocycles. The first kappa shape index (κ1) is 12.9. The van der Waals surface area contributed by atoms with Crippen LogP contribution >= 0.6 is 0 Å². The Bertz CT molecular complexity index is 219. The Balaban J connectivity index is 4.11. The molecule has 0 aromatic carbocycles. The van der Waals surface area contributed by atoms with Crippen LogP contribution in [0.25, 0.3) is 0 Å². The summed E-state index contributed by atoms with van der Waals surface area (Å²) < 4.78 is 0. The molecule has 82 valence electrons. The molecule has 0 rings (SSSR count). The van der Waals surface area contributed by atoms with Gasteiger partial charge in [0.25, 0.3) is 0 Å². The van der Waals surface area contributed by atoms with E-state index in [4.69, 9.17) is 10.2 Å². The van der Waals surface area contributed by atoms with Crippen molar-refractivity contribution in [2.75, 3.05) is 6.61 Å². The molecule has 5 nitrogen and oxygen atoms in total. The first-order valence-corrected chi connectivity index (χ1v) is 4.39. The molecule has 1 atom stereocenters. The van der Waals surface area contributed by atoms with Crippen molar-refractivity contribution >= 4 is 11.9 Å². The van der Waals surface area contributed by atoms with E-state index in [1.54, 1.807) is 0 Å². The van der Waals surface area contributed by atoms with Gasteiger partial charge in [-0.2, -0.15) is 0 Å². The fourth-order valence-electron chi connectivity index (χ4n) is 0.913. The van der Waals surface area contributed by atoms with Crippen molar-refractivity contribution in [1.29, 1.82) is 0 Å². The van der Waals surface area contributed by atoms with Gasteiger partial charge < -0.3 is 15.5 Å². The summed E-state index contributed by atoms with van der Waals surface area (Å²) in [5.41, 5.74) is -0.192. The highest BCUT2D eigenvalue weighted by Crippen LogP contribution is 2.17. The van der Waals surface area contributed by atoms with E-state index in [-0.39, 0.29) is 17.7 Å². The van der Waals surface area contributed by atoms with Gasteiger partial charge in [0.15, 0.2) is 0 Å². The SMILES string of the molecule is CC(C)(C)CC(=O)NC(CO)C(=O)O. The van der Waals surface area contributed by atoms with Crippen molar-refractivity contribution in [2.45, 2.75) is 33.2 Å². The maximum Gasteiger partial charge on any atom is 0.328 e. The van der Waals surface area contributed by atoms with Gasteiger partial charge in [-0.25, -0.2) is 4.79 Å². The molecule has 0 saturated carbocycles. The summed E-state index contributed by atoms with van der Waals surface area (Å²) in [6.07, 6.45) is 0.233. The second kappa shape index (κ2) is 4.95. The van der Waals surface area contributed by atoms with Gasteiger partial charge in [0, 0.05) is 6.42 Å². The van der Waals surface area contributed by atoms with Crippen LogP contribution in [0.1, 0.15) is 27.2 Å². The molecule has 0 radical (unpaired) electrons. The lowest BCUT2D eigenvalue weighted by molar-refractivity contribution is -0.143. The Kier molecular flexibility index (Phi) is 4.56. The number of carboxylic acid groups (broad SMARTS) is 1. The van der Waals surface area contributed by atoms with Gasteiger partial charge >= 0.3 is 5.97 Å². The molecule has 14 heavy (non-hydrogen) atoms. The van der Waals surface area contributed by atoms with E-state index in [0.717, 1.165) is 0 Å². The topological polar surface area (TPSA) is 86.6 Å². The molecule has 0 saturated heterocycles. The molecule has 0 spiro atoms. The van der Waals surface area contributed by atoms with E-state index >= 15 is 0 Å². The lowest BCUT2D eigenvalue weighted by Crippen LogP contribution is -2.44. The molecule has 0 fully saturated rings. The highest BCUT2D eigenvalue weighted by Gasteiger charge is 2.22. The number of amides is 1. The fraction of sp³-hybridized carbons (Fsp3) is 0.778. The Hall–Kier alpha value is -1.10. The summed E-state index contributed by atoms with van der Waals surface area (Å²) in [6, 6.07) is -1.20. The number of hydrogen-bond acceptors (Lipinski definition) is 3. The highest BCUT2D eigenvalue weighted by atomic mass is 16.4. The number of rotatable bonds is 4. The smallest absolute Gasteiger partial charge is 0.328 e. The number of carbonyl (C=O) groups excluding carboxylic acids is 1. The van der Waals surface area contributed by atoms with E-state index in [0.29, 0.717) is 0 Å². The molecule has 0 aliphatic rings. The van der Waals surface area contributed by atoms with Crippen molar-refractivity contribution in [2.24, 2.45) is 5.41 Å². The molecule has 1 amide bonds. The third-order valence-electron chi connectivity index (χ3n) is 1.51. The lowest BCUT2D eigenvalue weighted by atomic mass is 9.92. The minimum Gasteiger partial charge on any atom is -0.480 e. The number of hydrogen-bond donors (Lipinski definition) is 3. The van der Waals surface area contributed by atoms with Gasteiger partial charge in [-0.15, -0.1) is 0 Å². The van der Waals surface area contributed by atoms with Crippen LogP contribution in [-0.4, -0.2) is 34.7 Å². The number of carbonyl (C=O) groups is 2.